The highest BCUT2D eigenvalue weighted by Crippen LogP contribution is 2.39. The molecule has 3 aromatic rings. The molecule has 0 aliphatic carbocycles. The van der Waals surface area contributed by atoms with E-state index in [9.17, 15) is 36.0 Å². The second kappa shape index (κ2) is 12.3. The first-order chi connectivity index (χ1) is 19.6. The SMILES string of the molecule is CCCS(=O)(=O)c1ccc(Cl)cc1Cn1c(=O)[nH]c2c(Cl)c(CN3CCC[C@@H](NC(=O)O)C3)c(C(F)(F)F)cc2c1=O. The second-order valence-corrected chi connectivity index (χ2v) is 12.9. The molecule has 0 saturated carbocycles. The molecule has 16 heteroatoms. The number of likely N-dealkylation sites (tertiary alicyclic amines) is 1. The lowest BCUT2D eigenvalue weighted by atomic mass is 10.0. The van der Waals surface area contributed by atoms with E-state index in [1.165, 1.54) is 18.2 Å². The Morgan fingerprint density at radius 3 is 2.55 bits per heavy atom. The monoisotopic (exact) mass is 650 g/mol. The quantitative estimate of drug-likeness (QED) is 0.326. The normalized spacial score (nSPS) is 16.6. The lowest BCUT2D eigenvalue weighted by Gasteiger charge is -2.33. The van der Waals surface area contributed by atoms with Crippen LogP contribution in [0, 0.1) is 0 Å². The molecule has 0 spiro atoms. The third kappa shape index (κ3) is 6.77. The number of rotatable bonds is 8. The van der Waals surface area contributed by atoms with Crippen molar-refractivity contribution in [3.05, 3.63) is 71.8 Å². The van der Waals surface area contributed by atoms with Crippen molar-refractivity contribution < 1.29 is 31.5 Å². The van der Waals surface area contributed by atoms with Gasteiger partial charge >= 0.3 is 18.0 Å². The Morgan fingerprint density at radius 1 is 1.19 bits per heavy atom. The largest absolute Gasteiger partial charge is 0.465 e. The van der Waals surface area contributed by atoms with E-state index in [0.29, 0.717) is 36.4 Å². The highest BCUT2D eigenvalue weighted by atomic mass is 35.5. The Hall–Kier alpha value is -3.07. The first-order valence-electron chi connectivity index (χ1n) is 12.9. The smallest absolute Gasteiger partial charge is 0.416 e. The highest BCUT2D eigenvalue weighted by Gasteiger charge is 2.37. The Bertz CT molecular complexity index is 1760. The number of carbonyl (C=O) groups is 1. The lowest BCUT2D eigenvalue weighted by Crippen LogP contribution is -2.47. The number of carboxylic acid groups (broad SMARTS) is 1. The molecule has 228 valence electrons. The maximum atomic E-state index is 14.3. The summed E-state index contributed by atoms with van der Waals surface area (Å²) in [6, 6.07) is 4.01. The summed E-state index contributed by atoms with van der Waals surface area (Å²) in [7, 11) is -3.81. The lowest BCUT2D eigenvalue weighted by molar-refractivity contribution is -0.138. The van der Waals surface area contributed by atoms with Gasteiger partial charge in [0.2, 0.25) is 0 Å². The summed E-state index contributed by atoms with van der Waals surface area (Å²) < 4.78 is 69.1. The zero-order valence-electron chi connectivity index (χ0n) is 22.2. The minimum Gasteiger partial charge on any atom is -0.465 e. The molecule has 1 fully saturated rings. The second-order valence-electron chi connectivity index (χ2n) is 10.1. The summed E-state index contributed by atoms with van der Waals surface area (Å²) in [6.45, 7) is 1.30. The van der Waals surface area contributed by atoms with Crippen molar-refractivity contribution in [2.45, 2.75) is 56.4 Å². The van der Waals surface area contributed by atoms with Gasteiger partial charge in [-0.2, -0.15) is 13.2 Å². The van der Waals surface area contributed by atoms with Crippen molar-refractivity contribution in [1.29, 1.82) is 0 Å². The van der Waals surface area contributed by atoms with Crippen LogP contribution < -0.4 is 16.6 Å². The van der Waals surface area contributed by atoms with Crippen LogP contribution in [0.5, 0.6) is 0 Å². The van der Waals surface area contributed by atoms with Crippen molar-refractivity contribution in [2.24, 2.45) is 0 Å². The van der Waals surface area contributed by atoms with Crippen molar-refractivity contribution in [3.63, 3.8) is 0 Å². The van der Waals surface area contributed by atoms with Crippen LogP contribution in [0.1, 0.15) is 42.9 Å². The Labute approximate surface area is 248 Å². The summed E-state index contributed by atoms with van der Waals surface area (Å²) >= 11 is 12.5. The number of hydrogen-bond donors (Lipinski definition) is 3. The number of benzene rings is 2. The van der Waals surface area contributed by atoms with Crippen LogP contribution in [0.15, 0.2) is 38.8 Å². The molecule has 3 N–H and O–H groups in total. The summed E-state index contributed by atoms with van der Waals surface area (Å²) in [5.41, 5.74) is -3.94. The molecule has 1 atom stereocenters. The fourth-order valence-corrected chi connectivity index (χ4v) is 7.25. The van der Waals surface area contributed by atoms with Gasteiger partial charge in [0.05, 0.1) is 38.7 Å². The van der Waals surface area contributed by atoms with Crippen molar-refractivity contribution in [3.8, 4) is 0 Å². The molecule has 4 rings (SSSR count). The van der Waals surface area contributed by atoms with Crippen LogP contribution in [-0.4, -0.2) is 59.0 Å². The maximum absolute atomic E-state index is 14.3. The molecule has 10 nitrogen and oxygen atoms in total. The van der Waals surface area contributed by atoms with Gasteiger partial charge in [0.1, 0.15) is 0 Å². The minimum absolute atomic E-state index is 0.0243. The molecule has 1 aliphatic heterocycles. The highest BCUT2D eigenvalue weighted by molar-refractivity contribution is 7.91. The van der Waals surface area contributed by atoms with E-state index >= 15 is 0 Å². The predicted octanol–water partition coefficient (Wildman–Crippen LogP) is 4.48. The minimum atomic E-state index is -4.93. The molecule has 0 bridgehead atoms. The third-order valence-corrected chi connectivity index (χ3v) is 9.67. The van der Waals surface area contributed by atoms with Gasteiger partial charge < -0.3 is 15.4 Å². The molecule has 2 aromatic carbocycles. The van der Waals surface area contributed by atoms with Gasteiger partial charge in [0, 0.05) is 24.2 Å². The molecular weight excluding hydrogens is 624 g/mol. The zero-order chi connectivity index (χ0) is 31.0. The zero-order valence-corrected chi connectivity index (χ0v) is 24.6. The van der Waals surface area contributed by atoms with E-state index in [1.54, 1.807) is 11.8 Å². The van der Waals surface area contributed by atoms with Crippen LogP contribution in [0.2, 0.25) is 10.0 Å². The number of amides is 1. The van der Waals surface area contributed by atoms with Gasteiger partial charge in [-0.05, 0) is 61.2 Å². The van der Waals surface area contributed by atoms with Crippen LogP contribution in [-0.2, 0) is 29.1 Å². The van der Waals surface area contributed by atoms with Crippen molar-refractivity contribution >= 4 is 50.0 Å². The molecule has 0 radical (unpaired) electrons. The average molecular weight is 651 g/mol. The third-order valence-electron chi connectivity index (χ3n) is 7.00. The molecule has 2 heterocycles. The molecule has 1 saturated heterocycles. The van der Waals surface area contributed by atoms with Gasteiger partial charge in [-0.3, -0.25) is 14.3 Å². The fraction of sp³-hybridized carbons (Fsp3) is 0.423. The number of sulfone groups is 1. The van der Waals surface area contributed by atoms with E-state index in [0.717, 1.165) is 0 Å². The summed E-state index contributed by atoms with van der Waals surface area (Å²) in [6.07, 6.45) is -4.83. The van der Waals surface area contributed by atoms with Crippen LogP contribution in [0.4, 0.5) is 18.0 Å². The van der Waals surface area contributed by atoms with Gasteiger partial charge in [0.15, 0.2) is 9.84 Å². The van der Waals surface area contributed by atoms with Gasteiger partial charge in [-0.15, -0.1) is 0 Å². The van der Waals surface area contributed by atoms with Crippen LogP contribution >= 0.6 is 23.2 Å². The number of H-pyrrole nitrogens is 1. The number of nitrogens with one attached hydrogen (secondary N) is 2. The predicted molar refractivity (Wildman–Crippen MR) is 151 cm³/mol. The summed E-state index contributed by atoms with van der Waals surface area (Å²) in [4.78, 5) is 41.4. The van der Waals surface area contributed by atoms with E-state index in [-0.39, 0.29) is 45.4 Å². The van der Waals surface area contributed by atoms with E-state index in [4.69, 9.17) is 28.3 Å². The number of piperidine rings is 1. The molecule has 0 unspecified atom stereocenters. The number of alkyl halides is 3. The number of fused-ring (bicyclic) bond motifs is 1. The summed E-state index contributed by atoms with van der Waals surface area (Å²) in [5, 5.41) is 10.5. The number of aromatic amines is 1. The van der Waals surface area contributed by atoms with E-state index < -0.39 is 61.9 Å². The molecule has 1 aliphatic rings. The van der Waals surface area contributed by atoms with Gasteiger partial charge in [0.25, 0.3) is 5.56 Å². The number of nitrogens with zero attached hydrogens (tertiary/aromatic N) is 2. The maximum Gasteiger partial charge on any atom is 0.416 e. The Morgan fingerprint density at radius 2 is 1.90 bits per heavy atom. The molecule has 1 amide bonds. The number of halogens is 5. The molecule has 1 aromatic heterocycles. The van der Waals surface area contributed by atoms with E-state index in [2.05, 4.69) is 10.3 Å². The number of aromatic nitrogens is 2. The number of hydrogen-bond acceptors (Lipinski definition) is 6. The standard InChI is InChI=1S/C26H27Cl2F3N4O6S/c1-2-8-42(40,41)20-6-5-15(27)9-14(20)11-35-23(36)17-10-19(26(29,30)31)18(21(28)22(17)33-24(35)37)13-34-7-3-4-16(12-34)32-25(38)39/h5-6,9-10,16,32H,2-4,7-8,11-13H2,1H3,(H,33,37)(H,38,39)/t16-/m1/s1. The fourth-order valence-electron chi connectivity index (χ4n) is 5.18. The first-order valence-corrected chi connectivity index (χ1v) is 15.3. The van der Waals surface area contributed by atoms with Gasteiger partial charge in [-0.1, -0.05) is 30.1 Å². The van der Waals surface area contributed by atoms with Crippen LogP contribution in [0.25, 0.3) is 10.9 Å². The molecule has 42 heavy (non-hydrogen) atoms. The van der Waals surface area contributed by atoms with Gasteiger partial charge in [-0.25, -0.2) is 18.0 Å². The van der Waals surface area contributed by atoms with Crippen LogP contribution in [0.3, 0.4) is 0 Å². The summed E-state index contributed by atoms with van der Waals surface area (Å²) in [5.74, 6) is -0.206. The van der Waals surface area contributed by atoms with Crippen molar-refractivity contribution in [2.75, 3.05) is 18.8 Å². The van der Waals surface area contributed by atoms with Crippen molar-refractivity contribution in [1.82, 2.24) is 19.8 Å². The average Bonchev–Trinajstić information content (AvgIpc) is 2.87. The Balaban J connectivity index is 1.83. The first kappa shape index (κ1) is 31.9. The molecular formula is C26H27Cl2F3N4O6S. The van der Waals surface area contributed by atoms with E-state index in [1.807, 2.05) is 0 Å². The Kier molecular flexibility index (Phi) is 9.31. The topological polar surface area (TPSA) is 142 Å².